The summed E-state index contributed by atoms with van der Waals surface area (Å²) in [6.45, 7) is 0.563. The summed E-state index contributed by atoms with van der Waals surface area (Å²) >= 11 is 0. The molecule has 1 aromatic carbocycles. The number of nitrogens with one attached hydrogen (secondary N) is 2. The molecular formula is C15H12F3N3O5. The fourth-order valence-corrected chi connectivity index (χ4v) is 1.85. The monoisotopic (exact) mass is 371 g/mol. The third kappa shape index (κ3) is 4.37. The number of rotatable bonds is 5. The number of aromatic amines is 1. The van der Waals surface area contributed by atoms with Crippen LogP contribution in [0.1, 0.15) is 6.92 Å². The number of H-pyrrole nitrogens is 1. The molecule has 2 rings (SSSR count). The molecule has 2 N–H and O–H groups in total. The molecule has 0 fully saturated rings. The van der Waals surface area contributed by atoms with Crippen molar-refractivity contribution in [1.29, 1.82) is 0 Å². The van der Waals surface area contributed by atoms with Crippen molar-refractivity contribution in [2.45, 2.75) is 19.6 Å². The second-order valence-electron chi connectivity index (χ2n) is 5.08. The summed E-state index contributed by atoms with van der Waals surface area (Å²) in [4.78, 5) is 47.9. The van der Waals surface area contributed by atoms with Gasteiger partial charge < -0.3 is 10.1 Å². The summed E-state index contributed by atoms with van der Waals surface area (Å²) in [5.41, 5.74) is -2.13. The third-order valence-electron chi connectivity index (χ3n) is 3.17. The van der Waals surface area contributed by atoms with Gasteiger partial charge in [0, 0.05) is 12.3 Å². The van der Waals surface area contributed by atoms with Gasteiger partial charge in [0.1, 0.15) is 6.54 Å². The molecule has 2 aromatic rings. The molecule has 138 valence electrons. The summed E-state index contributed by atoms with van der Waals surface area (Å²) in [6.07, 6.45) is -0.363. The molecule has 0 radical (unpaired) electrons. The molecule has 1 aromatic heterocycles. The largest absolute Gasteiger partial charge is 0.451 e. The van der Waals surface area contributed by atoms with Crippen LogP contribution in [0.4, 0.5) is 18.9 Å². The molecule has 0 aliphatic rings. The lowest BCUT2D eigenvalue weighted by Gasteiger charge is -2.14. The van der Waals surface area contributed by atoms with Crippen LogP contribution >= 0.6 is 0 Å². The Morgan fingerprint density at radius 1 is 1.19 bits per heavy atom. The maximum absolute atomic E-state index is 13.5. The summed E-state index contributed by atoms with van der Waals surface area (Å²) in [5, 5.41) is 1.95. The Hall–Kier alpha value is -3.37. The minimum absolute atomic E-state index is 0.591. The lowest BCUT2D eigenvalue weighted by molar-refractivity contribution is -0.153. The number of carbonyl (C=O) groups excluding carboxylic acids is 2. The average molecular weight is 371 g/mol. The Morgan fingerprint density at radius 2 is 1.88 bits per heavy atom. The molecule has 1 amide bonds. The Morgan fingerprint density at radius 3 is 2.54 bits per heavy atom. The van der Waals surface area contributed by atoms with Crippen molar-refractivity contribution in [3.05, 3.63) is 62.7 Å². The molecule has 0 aliphatic heterocycles. The van der Waals surface area contributed by atoms with Crippen LogP contribution in [0.2, 0.25) is 0 Å². The first-order valence-electron chi connectivity index (χ1n) is 7.12. The number of aromatic nitrogens is 2. The molecule has 0 aliphatic carbocycles. The van der Waals surface area contributed by atoms with Crippen molar-refractivity contribution in [2.75, 3.05) is 5.32 Å². The highest BCUT2D eigenvalue weighted by Gasteiger charge is 2.21. The minimum Gasteiger partial charge on any atom is -0.451 e. The van der Waals surface area contributed by atoms with E-state index in [2.05, 4.69) is 0 Å². The van der Waals surface area contributed by atoms with Crippen LogP contribution in [0, 0.1) is 17.5 Å². The van der Waals surface area contributed by atoms with E-state index in [1.54, 1.807) is 0 Å². The normalized spacial score (nSPS) is 11.7. The maximum atomic E-state index is 13.5. The Balaban J connectivity index is 2.00. The first-order valence-corrected chi connectivity index (χ1v) is 7.12. The van der Waals surface area contributed by atoms with Gasteiger partial charge >= 0.3 is 11.7 Å². The molecule has 1 heterocycles. The second kappa shape index (κ2) is 7.68. The second-order valence-corrected chi connectivity index (χ2v) is 5.08. The van der Waals surface area contributed by atoms with E-state index in [-0.39, 0.29) is 0 Å². The molecule has 0 bridgehead atoms. The number of carbonyl (C=O) groups is 2. The third-order valence-corrected chi connectivity index (χ3v) is 3.17. The number of ether oxygens (including phenoxy) is 1. The van der Waals surface area contributed by atoms with E-state index in [4.69, 9.17) is 4.74 Å². The van der Waals surface area contributed by atoms with Crippen molar-refractivity contribution < 1.29 is 27.5 Å². The summed E-state index contributed by atoms with van der Waals surface area (Å²) in [6, 6.07) is 2.43. The van der Waals surface area contributed by atoms with Crippen LogP contribution in [-0.4, -0.2) is 27.5 Å². The number of halogens is 3. The van der Waals surface area contributed by atoms with Crippen LogP contribution in [-0.2, 0) is 20.9 Å². The molecule has 11 heteroatoms. The van der Waals surface area contributed by atoms with Crippen LogP contribution in [0.25, 0.3) is 0 Å². The number of hydrogen-bond acceptors (Lipinski definition) is 5. The van der Waals surface area contributed by atoms with Gasteiger partial charge in [0.15, 0.2) is 23.6 Å². The molecular weight excluding hydrogens is 359 g/mol. The van der Waals surface area contributed by atoms with E-state index in [1.165, 1.54) is 0 Å². The van der Waals surface area contributed by atoms with E-state index < -0.39 is 58.9 Å². The van der Waals surface area contributed by atoms with E-state index >= 15 is 0 Å². The van der Waals surface area contributed by atoms with E-state index in [9.17, 15) is 32.3 Å². The lowest BCUT2D eigenvalue weighted by Crippen LogP contribution is -2.35. The predicted molar refractivity (Wildman–Crippen MR) is 81.8 cm³/mol. The number of anilines is 1. The zero-order chi connectivity index (χ0) is 19.4. The van der Waals surface area contributed by atoms with Gasteiger partial charge in [-0.1, -0.05) is 0 Å². The van der Waals surface area contributed by atoms with Crippen LogP contribution in [0.5, 0.6) is 0 Å². The lowest BCUT2D eigenvalue weighted by atomic mass is 10.2. The average Bonchev–Trinajstić information content (AvgIpc) is 2.57. The van der Waals surface area contributed by atoms with Crippen molar-refractivity contribution in [3.8, 4) is 0 Å². The molecule has 0 saturated heterocycles. The van der Waals surface area contributed by atoms with Crippen molar-refractivity contribution >= 4 is 17.6 Å². The van der Waals surface area contributed by atoms with Gasteiger partial charge in [0.2, 0.25) is 0 Å². The highest BCUT2D eigenvalue weighted by molar-refractivity contribution is 5.95. The van der Waals surface area contributed by atoms with Gasteiger partial charge in [-0.25, -0.2) is 18.0 Å². The van der Waals surface area contributed by atoms with Crippen molar-refractivity contribution in [2.24, 2.45) is 0 Å². The Labute approximate surface area is 143 Å². The smallest absolute Gasteiger partial charge is 0.328 e. The van der Waals surface area contributed by atoms with E-state index in [1.807, 2.05) is 10.3 Å². The molecule has 8 nitrogen and oxygen atoms in total. The van der Waals surface area contributed by atoms with Gasteiger partial charge in [-0.05, 0) is 19.1 Å². The van der Waals surface area contributed by atoms with Gasteiger partial charge in [-0.2, -0.15) is 0 Å². The quantitative estimate of drug-likeness (QED) is 0.588. The van der Waals surface area contributed by atoms with Crippen LogP contribution < -0.4 is 16.6 Å². The van der Waals surface area contributed by atoms with Crippen LogP contribution in [0.3, 0.4) is 0 Å². The van der Waals surface area contributed by atoms with Gasteiger partial charge in [0.05, 0.1) is 5.69 Å². The Bertz CT molecular complexity index is 970. The van der Waals surface area contributed by atoms with E-state index in [0.29, 0.717) is 6.07 Å². The molecule has 1 atom stereocenters. The number of benzene rings is 1. The summed E-state index contributed by atoms with van der Waals surface area (Å²) < 4.78 is 45.1. The minimum atomic E-state index is -1.76. The highest BCUT2D eigenvalue weighted by atomic mass is 19.2. The molecule has 0 spiro atoms. The number of esters is 1. The summed E-state index contributed by atoms with van der Waals surface area (Å²) in [7, 11) is 0. The van der Waals surface area contributed by atoms with Crippen molar-refractivity contribution in [3.63, 3.8) is 0 Å². The SMILES string of the molecule is C[C@@H](OC(=O)Cn1ccc(=O)[nH]c1=O)C(=O)Nc1ccc(F)c(F)c1F. The number of hydrogen-bond donors (Lipinski definition) is 2. The van der Waals surface area contributed by atoms with Gasteiger partial charge in [0.25, 0.3) is 11.5 Å². The summed E-state index contributed by atoms with van der Waals surface area (Å²) in [5.74, 6) is -6.78. The predicted octanol–water partition coefficient (Wildman–Crippen LogP) is 0.524. The van der Waals surface area contributed by atoms with E-state index in [0.717, 1.165) is 29.8 Å². The maximum Gasteiger partial charge on any atom is 0.328 e. The zero-order valence-corrected chi connectivity index (χ0v) is 13.2. The Kier molecular flexibility index (Phi) is 5.60. The number of nitrogens with zero attached hydrogens (tertiary/aromatic N) is 1. The van der Waals surface area contributed by atoms with Crippen molar-refractivity contribution in [1.82, 2.24) is 9.55 Å². The zero-order valence-electron chi connectivity index (χ0n) is 13.2. The molecule has 26 heavy (non-hydrogen) atoms. The van der Waals surface area contributed by atoms with Gasteiger partial charge in [-0.3, -0.25) is 23.9 Å². The first kappa shape index (κ1) is 19.0. The van der Waals surface area contributed by atoms with Gasteiger partial charge in [-0.15, -0.1) is 0 Å². The first-order chi connectivity index (χ1) is 12.2. The molecule has 0 saturated carbocycles. The standard InChI is InChI=1S/C15H12F3N3O5/c1-7(14(24)19-9-3-2-8(16)12(17)13(9)18)26-11(23)6-21-5-4-10(22)20-15(21)25/h2-5,7H,6H2,1H3,(H,19,24)(H,20,22,25)/t7-/m1/s1. The van der Waals surface area contributed by atoms with Crippen LogP contribution in [0.15, 0.2) is 34.0 Å². The fourth-order valence-electron chi connectivity index (χ4n) is 1.85. The molecule has 0 unspecified atom stereocenters. The number of amides is 1. The topological polar surface area (TPSA) is 110 Å². The fraction of sp³-hybridized carbons (Fsp3) is 0.200. The highest BCUT2D eigenvalue weighted by Crippen LogP contribution is 2.19.